The summed E-state index contributed by atoms with van der Waals surface area (Å²) in [6.45, 7) is 13.8. The minimum absolute atomic E-state index is 0.0766. The van der Waals surface area contributed by atoms with E-state index in [2.05, 4.69) is 37.9 Å². The highest BCUT2D eigenvalue weighted by Gasteiger charge is 2.38. The van der Waals surface area contributed by atoms with Crippen LogP contribution in [0.2, 0.25) is 0 Å². The van der Waals surface area contributed by atoms with Crippen LogP contribution in [0.15, 0.2) is 0 Å². The maximum Gasteiger partial charge on any atom is 0.113 e. The molecular weight excluding hydrogens is 254 g/mol. The standard InChI is InChI=1S/C15H25N3S/c1-14(2)6-5-11-12(14)17-13(19-11)15(3,4)18-9-7-16-8-10-18/h16H,5-10H2,1-4H3. The van der Waals surface area contributed by atoms with E-state index in [1.54, 1.807) is 0 Å². The van der Waals surface area contributed by atoms with E-state index < -0.39 is 0 Å². The van der Waals surface area contributed by atoms with Crippen molar-refractivity contribution in [3.05, 3.63) is 15.6 Å². The summed E-state index contributed by atoms with van der Waals surface area (Å²) in [5.74, 6) is 0. The predicted molar refractivity (Wildman–Crippen MR) is 80.9 cm³/mol. The van der Waals surface area contributed by atoms with Gasteiger partial charge in [0.05, 0.1) is 11.2 Å². The molecule has 1 saturated heterocycles. The molecule has 1 aromatic rings. The number of thiazole rings is 1. The van der Waals surface area contributed by atoms with Gasteiger partial charge in [-0.2, -0.15) is 0 Å². The van der Waals surface area contributed by atoms with Gasteiger partial charge in [0.1, 0.15) is 5.01 Å². The quantitative estimate of drug-likeness (QED) is 0.901. The fourth-order valence-electron chi connectivity index (χ4n) is 3.22. The second-order valence-corrected chi connectivity index (χ2v) is 8.05. The van der Waals surface area contributed by atoms with E-state index in [9.17, 15) is 0 Å². The number of nitrogens with zero attached hydrogens (tertiary/aromatic N) is 2. The minimum atomic E-state index is 0.0766. The molecule has 1 aliphatic heterocycles. The normalized spacial score (nSPS) is 23.6. The molecule has 0 radical (unpaired) electrons. The summed E-state index contributed by atoms with van der Waals surface area (Å²) in [6, 6.07) is 0. The minimum Gasteiger partial charge on any atom is -0.314 e. The SMILES string of the molecule is CC1(C)CCc2sc(C(C)(C)N3CCNCC3)nc21. The van der Waals surface area contributed by atoms with Crippen molar-refractivity contribution in [2.45, 2.75) is 51.5 Å². The summed E-state index contributed by atoms with van der Waals surface area (Å²) in [5, 5.41) is 4.74. The van der Waals surface area contributed by atoms with Crippen molar-refractivity contribution in [1.29, 1.82) is 0 Å². The van der Waals surface area contributed by atoms with Crippen LogP contribution < -0.4 is 5.32 Å². The molecular formula is C15H25N3S. The Hall–Kier alpha value is -0.450. The number of aryl methyl sites for hydroxylation is 1. The number of aromatic nitrogens is 1. The van der Waals surface area contributed by atoms with Gasteiger partial charge in [0.25, 0.3) is 0 Å². The fourth-order valence-corrected chi connectivity index (χ4v) is 4.59. The van der Waals surface area contributed by atoms with Gasteiger partial charge in [-0.25, -0.2) is 4.98 Å². The molecule has 3 nitrogen and oxygen atoms in total. The smallest absolute Gasteiger partial charge is 0.113 e. The van der Waals surface area contributed by atoms with Gasteiger partial charge in [0.2, 0.25) is 0 Å². The zero-order valence-electron chi connectivity index (χ0n) is 12.5. The van der Waals surface area contributed by atoms with Crippen LogP contribution in [-0.2, 0) is 17.4 Å². The van der Waals surface area contributed by atoms with E-state index in [4.69, 9.17) is 4.98 Å². The van der Waals surface area contributed by atoms with Gasteiger partial charge in [-0.3, -0.25) is 4.90 Å². The van der Waals surface area contributed by atoms with E-state index in [0.717, 1.165) is 26.2 Å². The third-order valence-electron chi connectivity index (χ3n) is 4.75. The van der Waals surface area contributed by atoms with Crippen LogP contribution in [0.25, 0.3) is 0 Å². The molecule has 0 atom stereocenters. The first-order valence-corrected chi connectivity index (χ1v) is 8.19. The zero-order chi connectivity index (χ0) is 13.7. The van der Waals surface area contributed by atoms with Crippen LogP contribution in [0.3, 0.4) is 0 Å². The first kappa shape index (κ1) is 13.5. The van der Waals surface area contributed by atoms with E-state index >= 15 is 0 Å². The summed E-state index contributed by atoms with van der Waals surface area (Å²) in [5.41, 5.74) is 1.73. The lowest BCUT2D eigenvalue weighted by atomic mass is 9.91. The van der Waals surface area contributed by atoms with Crippen molar-refractivity contribution < 1.29 is 0 Å². The van der Waals surface area contributed by atoms with Crippen LogP contribution in [0, 0.1) is 0 Å². The van der Waals surface area contributed by atoms with Crippen molar-refractivity contribution in [2.75, 3.05) is 26.2 Å². The molecule has 19 heavy (non-hydrogen) atoms. The molecule has 1 aromatic heterocycles. The Labute approximate surface area is 120 Å². The Balaban J connectivity index is 1.90. The second-order valence-electron chi connectivity index (χ2n) is 6.97. The molecule has 0 bridgehead atoms. The first-order chi connectivity index (χ1) is 8.91. The van der Waals surface area contributed by atoms with Crippen LogP contribution in [0.5, 0.6) is 0 Å². The molecule has 2 aliphatic rings. The largest absolute Gasteiger partial charge is 0.314 e. The summed E-state index contributed by atoms with van der Waals surface area (Å²) in [7, 11) is 0. The lowest BCUT2D eigenvalue weighted by Gasteiger charge is -2.39. The number of fused-ring (bicyclic) bond motifs is 1. The van der Waals surface area contributed by atoms with Crippen LogP contribution in [0.1, 0.15) is 49.7 Å². The van der Waals surface area contributed by atoms with Gasteiger partial charge in [-0.05, 0) is 26.7 Å². The van der Waals surface area contributed by atoms with E-state index in [1.807, 2.05) is 11.3 Å². The lowest BCUT2D eigenvalue weighted by molar-refractivity contribution is 0.102. The molecule has 0 saturated carbocycles. The molecule has 0 spiro atoms. The first-order valence-electron chi connectivity index (χ1n) is 7.38. The molecule has 106 valence electrons. The van der Waals surface area contributed by atoms with Crippen LogP contribution >= 0.6 is 11.3 Å². The maximum atomic E-state index is 5.05. The Bertz CT molecular complexity index is 470. The Kier molecular flexibility index (Phi) is 3.23. The summed E-state index contributed by atoms with van der Waals surface area (Å²) in [4.78, 5) is 9.15. The van der Waals surface area contributed by atoms with Crippen molar-refractivity contribution in [2.24, 2.45) is 0 Å². The molecule has 1 N–H and O–H groups in total. The second kappa shape index (κ2) is 4.54. The monoisotopic (exact) mass is 279 g/mol. The van der Waals surface area contributed by atoms with Gasteiger partial charge < -0.3 is 5.32 Å². The van der Waals surface area contributed by atoms with E-state index in [1.165, 1.54) is 28.4 Å². The number of piperazine rings is 1. The summed E-state index contributed by atoms with van der Waals surface area (Å²) in [6.07, 6.45) is 2.48. The Morgan fingerprint density at radius 1 is 1.26 bits per heavy atom. The van der Waals surface area contributed by atoms with Gasteiger partial charge in [0, 0.05) is 36.5 Å². The molecule has 1 aliphatic carbocycles. The highest BCUT2D eigenvalue weighted by Crippen LogP contribution is 2.43. The van der Waals surface area contributed by atoms with Gasteiger partial charge in [0.15, 0.2) is 0 Å². The number of hydrogen-bond acceptors (Lipinski definition) is 4. The van der Waals surface area contributed by atoms with Crippen molar-refractivity contribution in [1.82, 2.24) is 15.2 Å². The number of hydrogen-bond donors (Lipinski definition) is 1. The Morgan fingerprint density at radius 2 is 1.95 bits per heavy atom. The fraction of sp³-hybridized carbons (Fsp3) is 0.800. The highest BCUT2D eigenvalue weighted by molar-refractivity contribution is 7.12. The third-order valence-corrected chi connectivity index (χ3v) is 6.17. The summed E-state index contributed by atoms with van der Waals surface area (Å²) < 4.78 is 0. The van der Waals surface area contributed by atoms with Gasteiger partial charge >= 0.3 is 0 Å². The molecule has 0 unspecified atom stereocenters. The van der Waals surface area contributed by atoms with Crippen LogP contribution in [0.4, 0.5) is 0 Å². The molecule has 0 amide bonds. The molecule has 1 fully saturated rings. The predicted octanol–water partition coefficient (Wildman–Crippen LogP) is 2.51. The molecule has 3 rings (SSSR count). The lowest BCUT2D eigenvalue weighted by Crippen LogP contribution is -2.51. The third kappa shape index (κ3) is 2.24. The maximum absolute atomic E-state index is 5.05. The zero-order valence-corrected chi connectivity index (χ0v) is 13.4. The van der Waals surface area contributed by atoms with Gasteiger partial charge in [-0.15, -0.1) is 11.3 Å². The van der Waals surface area contributed by atoms with Crippen molar-refractivity contribution >= 4 is 11.3 Å². The highest BCUT2D eigenvalue weighted by atomic mass is 32.1. The topological polar surface area (TPSA) is 28.2 Å². The van der Waals surface area contributed by atoms with E-state index in [-0.39, 0.29) is 11.0 Å². The number of nitrogens with one attached hydrogen (secondary N) is 1. The van der Waals surface area contributed by atoms with Gasteiger partial charge in [-0.1, -0.05) is 13.8 Å². The van der Waals surface area contributed by atoms with Crippen molar-refractivity contribution in [3.8, 4) is 0 Å². The van der Waals surface area contributed by atoms with Crippen molar-refractivity contribution in [3.63, 3.8) is 0 Å². The van der Waals surface area contributed by atoms with Crippen LogP contribution in [-0.4, -0.2) is 36.1 Å². The average Bonchev–Trinajstić information content (AvgIpc) is 2.93. The summed E-state index contributed by atoms with van der Waals surface area (Å²) >= 11 is 1.95. The van der Waals surface area contributed by atoms with E-state index in [0.29, 0.717) is 0 Å². The average molecular weight is 279 g/mol. The molecule has 0 aromatic carbocycles. The molecule has 4 heteroatoms. The number of rotatable bonds is 2. The Morgan fingerprint density at radius 3 is 2.58 bits per heavy atom. The molecule has 2 heterocycles.